The number of methoxy groups -OCH3 is 2. The molecule has 0 fully saturated rings. The Kier molecular flexibility index (Phi) is 3.02. The van der Waals surface area contributed by atoms with Gasteiger partial charge in [-0.25, -0.2) is 0 Å². The summed E-state index contributed by atoms with van der Waals surface area (Å²) in [5.41, 5.74) is -0.137. The third kappa shape index (κ3) is 6.31. The maximum Gasteiger partial charge on any atom is 0.160 e. The van der Waals surface area contributed by atoms with E-state index in [1.807, 2.05) is 0 Å². The summed E-state index contributed by atoms with van der Waals surface area (Å²) in [5.74, 6) is -1.73. The molecule has 0 bridgehead atoms. The SMILES string of the molecule is [2H]c1c([2H])c(C)c([2H])c(OC([2H])([2H])C(O)C([2H])([2H])CCCc2c([2H])c([2H])c(OC([2H])([2H])[2H])c(OC)c2[2H])c1[2H]. The van der Waals surface area contributed by atoms with Crippen molar-refractivity contribution in [2.45, 2.75) is 38.7 Å². The molecule has 1 atom stereocenters. The molecule has 0 radical (unpaired) electrons. The zero-order chi connectivity index (χ0) is 30.2. The van der Waals surface area contributed by atoms with Crippen LogP contribution in [0, 0.1) is 6.92 Å². The normalized spacial score (nSPS) is 21.6. The van der Waals surface area contributed by atoms with E-state index in [1.54, 1.807) is 0 Å². The Labute approximate surface area is 170 Å². The van der Waals surface area contributed by atoms with Crippen LogP contribution in [0.5, 0.6) is 17.2 Å². The zero-order valence-electron chi connectivity index (χ0n) is 27.9. The van der Waals surface area contributed by atoms with Gasteiger partial charge in [0.1, 0.15) is 12.3 Å². The minimum Gasteiger partial charge on any atom is -0.493 e. The topological polar surface area (TPSA) is 47.9 Å². The predicted octanol–water partition coefficient (Wildman–Crippen LogP) is 4.16. The summed E-state index contributed by atoms with van der Waals surface area (Å²) in [7, 11) is -1.85. The lowest BCUT2D eigenvalue weighted by Crippen LogP contribution is -2.17. The van der Waals surface area contributed by atoms with Gasteiger partial charge >= 0.3 is 0 Å². The highest BCUT2D eigenvalue weighted by Crippen LogP contribution is 2.28. The molecule has 2 rings (SSSR count). The minimum atomic E-state index is -3.16. The summed E-state index contributed by atoms with van der Waals surface area (Å²) in [6.45, 7) is -1.86. The summed E-state index contributed by atoms with van der Waals surface area (Å²) in [6, 6.07) is -3.97. The summed E-state index contributed by atoms with van der Waals surface area (Å²) < 4.78 is 125. The van der Waals surface area contributed by atoms with Gasteiger partial charge in [-0.05, 0) is 61.4 Å². The largest absolute Gasteiger partial charge is 0.493 e. The number of aliphatic hydroxyl groups is 1. The number of hydrogen-bond acceptors (Lipinski definition) is 4. The van der Waals surface area contributed by atoms with Gasteiger partial charge in [0.25, 0.3) is 0 Å². The molecule has 0 spiro atoms. The van der Waals surface area contributed by atoms with Crippen molar-refractivity contribution in [3.8, 4) is 17.2 Å². The van der Waals surface area contributed by atoms with E-state index in [2.05, 4.69) is 0 Å². The Morgan fingerprint density at radius 1 is 1.16 bits per heavy atom. The van der Waals surface area contributed by atoms with E-state index in [9.17, 15) is 5.11 Å². The smallest absolute Gasteiger partial charge is 0.160 e. The molecule has 2 aromatic carbocycles. The van der Waals surface area contributed by atoms with Crippen molar-refractivity contribution in [3.63, 3.8) is 0 Å². The molecule has 4 heteroatoms. The van der Waals surface area contributed by atoms with E-state index < -0.39 is 92.0 Å². The molecule has 0 aliphatic heterocycles. The van der Waals surface area contributed by atoms with Crippen LogP contribution in [0.3, 0.4) is 0 Å². The maximum absolute atomic E-state index is 10.5. The highest BCUT2D eigenvalue weighted by Gasteiger charge is 2.07. The van der Waals surface area contributed by atoms with Gasteiger partial charge < -0.3 is 19.3 Å². The van der Waals surface area contributed by atoms with Crippen LogP contribution in [-0.4, -0.2) is 31.9 Å². The van der Waals surface area contributed by atoms with Crippen molar-refractivity contribution in [1.82, 2.24) is 0 Å². The molecule has 1 N–H and O–H groups in total. The molecule has 0 aromatic heterocycles. The molecule has 25 heavy (non-hydrogen) atoms. The number of hydrogen-bond donors (Lipinski definition) is 1. The average Bonchev–Trinajstić information content (AvgIpc) is 2.83. The molecule has 0 saturated heterocycles. The number of aliphatic hydroxyl groups excluding tert-OH is 1. The van der Waals surface area contributed by atoms with E-state index in [4.69, 9.17) is 33.4 Å². The number of ether oxygens (including phenoxy) is 3. The third-order valence-corrected chi connectivity index (χ3v) is 3.04. The molecular formula is C21H28O4. The first-order chi connectivity index (χ1) is 17.7. The molecule has 0 heterocycles. The Morgan fingerprint density at radius 2 is 2.04 bits per heavy atom. The predicted molar refractivity (Wildman–Crippen MR) is 99.8 cm³/mol. The number of benzene rings is 2. The van der Waals surface area contributed by atoms with Crippen molar-refractivity contribution in [3.05, 3.63) is 53.4 Å². The van der Waals surface area contributed by atoms with Gasteiger partial charge in [0.2, 0.25) is 0 Å². The lowest BCUT2D eigenvalue weighted by atomic mass is 10.0. The van der Waals surface area contributed by atoms with Crippen molar-refractivity contribution in [2.24, 2.45) is 0 Å². The molecular weight excluding hydrogens is 316 g/mol. The third-order valence-electron chi connectivity index (χ3n) is 3.04. The molecule has 136 valence electrons. The van der Waals surface area contributed by atoms with Crippen LogP contribution in [0.4, 0.5) is 0 Å². The summed E-state index contributed by atoms with van der Waals surface area (Å²) in [4.78, 5) is 0. The van der Waals surface area contributed by atoms with Crippen molar-refractivity contribution in [2.75, 3.05) is 20.7 Å². The van der Waals surface area contributed by atoms with Gasteiger partial charge in [0, 0.05) is 2.74 Å². The zero-order valence-corrected chi connectivity index (χ0v) is 13.9. The van der Waals surface area contributed by atoms with Gasteiger partial charge in [-0.15, -0.1) is 0 Å². The minimum absolute atomic E-state index is 0.0591. The van der Waals surface area contributed by atoms with Crippen molar-refractivity contribution >= 4 is 0 Å². The van der Waals surface area contributed by atoms with Crippen LogP contribution in [0.25, 0.3) is 0 Å². The average molecular weight is 359 g/mol. The molecule has 0 saturated carbocycles. The van der Waals surface area contributed by atoms with Gasteiger partial charge in [-0.1, -0.05) is 24.5 Å². The Balaban J connectivity index is 2.27. The molecule has 2 aromatic rings. The quantitative estimate of drug-likeness (QED) is 0.693. The van der Waals surface area contributed by atoms with Gasteiger partial charge in [0.15, 0.2) is 11.5 Å². The Bertz CT molecular complexity index is 1200. The molecule has 0 aliphatic rings. The molecule has 0 aliphatic carbocycles. The van der Waals surface area contributed by atoms with Crippen molar-refractivity contribution in [1.29, 1.82) is 0 Å². The summed E-state index contributed by atoms with van der Waals surface area (Å²) >= 11 is 0. The van der Waals surface area contributed by atoms with Crippen LogP contribution in [-0.2, 0) is 6.42 Å². The second-order valence-electron chi connectivity index (χ2n) is 4.95. The standard InChI is InChI=1S/C21H28O4/c1-16-7-6-10-19(13-16)25-15-18(22)9-5-4-8-17-11-12-20(23-2)21(14-17)24-3/h6-7,10-14,18,22H,4-5,8-9,15H2,1-3H3/i2D3,6D,7D,9D2,10D,11D,12D,13D,14D,15D2. The van der Waals surface area contributed by atoms with Gasteiger partial charge in [-0.3, -0.25) is 0 Å². The fourth-order valence-corrected chi connectivity index (χ4v) is 1.88. The first-order valence-corrected chi connectivity index (χ1v) is 7.47. The van der Waals surface area contributed by atoms with E-state index in [-0.39, 0.29) is 24.0 Å². The van der Waals surface area contributed by atoms with Gasteiger partial charge in [0.05, 0.1) is 36.7 Å². The van der Waals surface area contributed by atoms with Crippen LogP contribution in [0.1, 0.15) is 49.5 Å². The van der Waals surface area contributed by atoms with Crippen LogP contribution in [0.2, 0.25) is 0 Å². The molecule has 0 amide bonds. The van der Waals surface area contributed by atoms with Crippen molar-refractivity contribution < 1.29 is 38.5 Å². The number of rotatable bonds is 10. The van der Waals surface area contributed by atoms with E-state index in [1.165, 1.54) is 6.92 Å². The van der Waals surface area contributed by atoms with Crippen LogP contribution in [0.15, 0.2) is 42.3 Å². The summed E-state index contributed by atoms with van der Waals surface area (Å²) in [6.07, 6.45) is -5.98. The molecule has 1 unspecified atom stereocenters. The monoisotopic (exact) mass is 358 g/mol. The Hall–Kier alpha value is -2.20. The summed E-state index contributed by atoms with van der Waals surface area (Å²) in [5, 5.41) is 10.5. The highest BCUT2D eigenvalue weighted by atomic mass is 16.5. The maximum atomic E-state index is 10.5. The van der Waals surface area contributed by atoms with E-state index >= 15 is 0 Å². The fraction of sp³-hybridized carbons (Fsp3) is 0.429. The second-order valence-corrected chi connectivity index (χ2v) is 4.95. The van der Waals surface area contributed by atoms with Crippen LogP contribution >= 0.6 is 0 Å². The first kappa shape index (κ1) is 7.58. The first-order valence-electron chi connectivity index (χ1n) is 14.5. The fourth-order valence-electron chi connectivity index (χ4n) is 1.88. The van der Waals surface area contributed by atoms with E-state index in [0.717, 1.165) is 7.11 Å². The van der Waals surface area contributed by atoms with E-state index in [0.29, 0.717) is 0 Å². The lowest BCUT2D eigenvalue weighted by Gasteiger charge is -2.13. The van der Waals surface area contributed by atoms with Gasteiger partial charge in [-0.2, -0.15) is 0 Å². The highest BCUT2D eigenvalue weighted by molar-refractivity contribution is 5.42. The Morgan fingerprint density at radius 3 is 2.84 bits per heavy atom. The van der Waals surface area contributed by atoms with Crippen LogP contribution < -0.4 is 14.2 Å². The second kappa shape index (κ2) is 9.94. The lowest BCUT2D eigenvalue weighted by molar-refractivity contribution is 0.0976. The molecule has 4 nitrogen and oxygen atoms in total.